The van der Waals surface area contributed by atoms with E-state index in [0.717, 1.165) is 19.3 Å². The van der Waals surface area contributed by atoms with Crippen molar-refractivity contribution in [3.05, 3.63) is 30.1 Å². The molecule has 1 saturated carbocycles. The van der Waals surface area contributed by atoms with Gasteiger partial charge in [0.25, 0.3) is 5.91 Å². The van der Waals surface area contributed by atoms with Gasteiger partial charge in [0.05, 0.1) is 11.6 Å². The lowest BCUT2D eigenvalue weighted by atomic mass is 9.86. The van der Waals surface area contributed by atoms with Crippen molar-refractivity contribution in [1.82, 2.24) is 5.32 Å². The summed E-state index contributed by atoms with van der Waals surface area (Å²) in [5, 5.41) is 4.14. The molecule has 1 fully saturated rings. The molecule has 0 aromatic heterocycles. The maximum Gasteiger partial charge on any atom is 0.326 e. The molecule has 1 aliphatic rings. The zero-order valence-corrected chi connectivity index (χ0v) is 11.2. The monoisotopic (exact) mass is 294 g/mol. The van der Waals surface area contributed by atoms with E-state index in [4.69, 9.17) is 4.74 Å². The van der Waals surface area contributed by atoms with E-state index in [1.54, 1.807) is 6.07 Å². The first-order valence-electron chi connectivity index (χ1n) is 6.58. The number of para-hydroxylation sites is 1. The van der Waals surface area contributed by atoms with Crippen LogP contribution >= 0.6 is 0 Å². The minimum atomic E-state index is -0.884. The minimum absolute atomic E-state index is 0.0470. The number of ether oxygens (including phenoxy) is 1. The van der Waals surface area contributed by atoms with Crippen LogP contribution in [-0.2, 0) is 14.3 Å². The topological polar surface area (TPSA) is 84.5 Å². The van der Waals surface area contributed by atoms with Crippen LogP contribution in [0.4, 0.5) is 14.9 Å². The molecule has 0 heterocycles. The van der Waals surface area contributed by atoms with Gasteiger partial charge in [0.1, 0.15) is 5.82 Å². The SMILES string of the molecule is O=C(COC(=O)C1CCC1)NC(=O)Nc1ccccc1F. The van der Waals surface area contributed by atoms with Crippen LogP contribution < -0.4 is 10.6 Å². The molecule has 2 N–H and O–H groups in total. The minimum Gasteiger partial charge on any atom is -0.455 e. The van der Waals surface area contributed by atoms with Crippen molar-refractivity contribution < 1.29 is 23.5 Å². The van der Waals surface area contributed by atoms with Crippen molar-refractivity contribution in [2.24, 2.45) is 5.92 Å². The van der Waals surface area contributed by atoms with Gasteiger partial charge in [-0.15, -0.1) is 0 Å². The number of anilines is 1. The van der Waals surface area contributed by atoms with Gasteiger partial charge in [-0.05, 0) is 25.0 Å². The van der Waals surface area contributed by atoms with Crippen LogP contribution in [0.15, 0.2) is 24.3 Å². The highest BCUT2D eigenvalue weighted by atomic mass is 19.1. The molecule has 1 aromatic carbocycles. The second-order valence-electron chi connectivity index (χ2n) is 4.72. The molecule has 1 aliphatic carbocycles. The first kappa shape index (κ1) is 15.0. The predicted molar refractivity (Wildman–Crippen MR) is 71.9 cm³/mol. The second-order valence-corrected chi connectivity index (χ2v) is 4.72. The summed E-state index contributed by atoms with van der Waals surface area (Å²) in [5.41, 5.74) is -0.0470. The molecular formula is C14H15FN2O4. The molecule has 0 bridgehead atoms. The lowest BCUT2D eigenvalue weighted by Crippen LogP contribution is -2.38. The number of imide groups is 1. The van der Waals surface area contributed by atoms with Gasteiger partial charge in [-0.3, -0.25) is 14.9 Å². The number of hydrogen-bond acceptors (Lipinski definition) is 4. The second kappa shape index (κ2) is 6.83. The molecular weight excluding hydrogens is 279 g/mol. The molecule has 0 saturated heterocycles. The van der Waals surface area contributed by atoms with Crippen LogP contribution in [0.25, 0.3) is 0 Å². The Bertz CT molecular complexity index is 558. The molecule has 0 atom stereocenters. The number of carbonyl (C=O) groups is 3. The smallest absolute Gasteiger partial charge is 0.326 e. The van der Waals surface area contributed by atoms with Gasteiger partial charge in [0.2, 0.25) is 0 Å². The summed E-state index contributed by atoms with van der Waals surface area (Å²) in [6.45, 7) is -0.528. The van der Waals surface area contributed by atoms with E-state index in [0.29, 0.717) is 0 Å². The Morgan fingerprint density at radius 1 is 1.24 bits per heavy atom. The zero-order chi connectivity index (χ0) is 15.2. The third-order valence-corrected chi connectivity index (χ3v) is 3.16. The molecule has 0 unspecified atom stereocenters. The predicted octanol–water partition coefficient (Wildman–Crippen LogP) is 1.82. The summed E-state index contributed by atoms with van der Waals surface area (Å²) < 4.78 is 18.1. The Morgan fingerprint density at radius 2 is 1.95 bits per heavy atom. The fourth-order valence-corrected chi connectivity index (χ4v) is 1.78. The molecule has 21 heavy (non-hydrogen) atoms. The average molecular weight is 294 g/mol. The van der Waals surface area contributed by atoms with Crippen LogP contribution in [0.2, 0.25) is 0 Å². The van der Waals surface area contributed by atoms with Crippen molar-refractivity contribution in [2.45, 2.75) is 19.3 Å². The van der Waals surface area contributed by atoms with Gasteiger partial charge < -0.3 is 10.1 Å². The quantitative estimate of drug-likeness (QED) is 0.830. The van der Waals surface area contributed by atoms with E-state index < -0.39 is 30.3 Å². The van der Waals surface area contributed by atoms with Gasteiger partial charge >= 0.3 is 12.0 Å². The van der Waals surface area contributed by atoms with Crippen LogP contribution in [0.5, 0.6) is 0 Å². The Kier molecular flexibility index (Phi) is 4.86. The summed E-state index contributed by atoms with van der Waals surface area (Å²) in [6.07, 6.45) is 2.53. The van der Waals surface area contributed by atoms with Crippen molar-refractivity contribution in [2.75, 3.05) is 11.9 Å². The highest BCUT2D eigenvalue weighted by molar-refractivity contribution is 6.01. The Morgan fingerprint density at radius 3 is 2.57 bits per heavy atom. The fourth-order valence-electron chi connectivity index (χ4n) is 1.78. The van der Waals surface area contributed by atoms with Gasteiger partial charge in [-0.25, -0.2) is 9.18 Å². The molecule has 6 nitrogen and oxygen atoms in total. The molecule has 0 spiro atoms. The van der Waals surface area contributed by atoms with E-state index >= 15 is 0 Å². The Balaban J connectivity index is 1.73. The van der Waals surface area contributed by atoms with E-state index in [1.807, 2.05) is 5.32 Å². The molecule has 112 valence electrons. The maximum absolute atomic E-state index is 13.3. The summed E-state index contributed by atoms with van der Waals surface area (Å²) in [6, 6.07) is 4.67. The Labute approximate surface area is 120 Å². The number of amides is 3. The van der Waals surface area contributed by atoms with Gasteiger partial charge in [0.15, 0.2) is 6.61 Å². The van der Waals surface area contributed by atoms with E-state index in [2.05, 4.69) is 5.32 Å². The first-order valence-corrected chi connectivity index (χ1v) is 6.58. The van der Waals surface area contributed by atoms with E-state index in [-0.39, 0.29) is 11.6 Å². The van der Waals surface area contributed by atoms with Crippen LogP contribution in [0.1, 0.15) is 19.3 Å². The van der Waals surface area contributed by atoms with Crippen LogP contribution in [0, 0.1) is 11.7 Å². The number of benzene rings is 1. The number of rotatable bonds is 4. The van der Waals surface area contributed by atoms with Crippen molar-refractivity contribution in [1.29, 1.82) is 0 Å². The first-order chi connectivity index (χ1) is 10.1. The maximum atomic E-state index is 13.3. The van der Waals surface area contributed by atoms with Gasteiger partial charge in [-0.2, -0.15) is 0 Å². The highest BCUT2D eigenvalue weighted by Crippen LogP contribution is 2.27. The summed E-state index contributed by atoms with van der Waals surface area (Å²) in [5.74, 6) is -1.94. The number of hydrogen-bond donors (Lipinski definition) is 2. The fraction of sp³-hybridized carbons (Fsp3) is 0.357. The average Bonchev–Trinajstić information content (AvgIpc) is 2.37. The van der Waals surface area contributed by atoms with Crippen molar-refractivity contribution in [3.63, 3.8) is 0 Å². The summed E-state index contributed by atoms with van der Waals surface area (Å²) in [4.78, 5) is 34.3. The third-order valence-electron chi connectivity index (χ3n) is 3.16. The zero-order valence-electron chi connectivity index (χ0n) is 11.2. The lowest BCUT2D eigenvalue weighted by Gasteiger charge is -2.22. The van der Waals surface area contributed by atoms with Gasteiger partial charge in [0, 0.05) is 0 Å². The van der Waals surface area contributed by atoms with Crippen molar-refractivity contribution in [3.8, 4) is 0 Å². The summed E-state index contributed by atoms with van der Waals surface area (Å²) >= 11 is 0. The van der Waals surface area contributed by atoms with E-state index in [1.165, 1.54) is 18.2 Å². The molecule has 0 aliphatic heterocycles. The number of carbonyl (C=O) groups excluding carboxylic acids is 3. The lowest BCUT2D eigenvalue weighted by molar-refractivity contribution is -0.154. The van der Waals surface area contributed by atoms with Crippen LogP contribution in [-0.4, -0.2) is 24.5 Å². The highest BCUT2D eigenvalue weighted by Gasteiger charge is 2.27. The van der Waals surface area contributed by atoms with Crippen LogP contribution in [0.3, 0.4) is 0 Å². The third kappa shape index (κ3) is 4.27. The number of urea groups is 1. The molecule has 0 radical (unpaired) electrons. The van der Waals surface area contributed by atoms with E-state index in [9.17, 15) is 18.8 Å². The standard InChI is InChI=1S/C14H15FN2O4/c15-10-6-1-2-7-11(10)16-14(20)17-12(18)8-21-13(19)9-4-3-5-9/h1-2,6-7,9H,3-5,8H2,(H2,16,17,18,20). The number of nitrogens with one attached hydrogen (secondary N) is 2. The number of esters is 1. The molecule has 3 amide bonds. The number of halogens is 1. The van der Waals surface area contributed by atoms with Crippen molar-refractivity contribution >= 4 is 23.6 Å². The molecule has 1 aromatic rings. The molecule has 7 heteroatoms. The molecule has 2 rings (SSSR count). The largest absolute Gasteiger partial charge is 0.455 e. The Hall–Kier alpha value is -2.44. The normalized spacial score (nSPS) is 14.0. The van der Waals surface area contributed by atoms with Gasteiger partial charge in [-0.1, -0.05) is 18.6 Å². The summed E-state index contributed by atoms with van der Waals surface area (Å²) in [7, 11) is 0.